The Hall–Kier alpha value is -2.96. The molecule has 0 aliphatic rings. The Morgan fingerprint density at radius 1 is 1.16 bits per heavy atom. The molecule has 0 aliphatic carbocycles. The average Bonchev–Trinajstić information content (AvgIpc) is 3.05. The number of nitrogens with zero attached hydrogens (tertiary/aromatic N) is 4. The van der Waals surface area contributed by atoms with E-state index in [-0.39, 0.29) is 5.69 Å². The Bertz CT molecular complexity index is 933. The number of aromatic amines is 2. The fourth-order valence-corrected chi connectivity index (χ4v) is 2.05. The topological polar surface area (TPSA) is 91.7 Å². The van der Waals surface area contributed by atoms with Crippen molar-refractivity contribution in [3.8, 4) is 11.4 Å². The lowest BCUT2D eigenvalue weighted by Gasteiger charge is -1.91. The van der Waals surface area contributed by atoms with Gasteiger partial charge in [0.25, 0.3) is 0 Å². The van der Waals surface area contributed by atoms with Gasteiger partial charge in [0.2, 0.25) is 0 Å². The lowest BCUT2D eigenvalue weighted by Crippen LogP contribution is -2.17. The van der Waals surface area contributed by atoms with E-state index in [1.165, 1.54) is 4.52 Å². The summed E-state index contributed by atoms with van der Waals surface area (Å²) in [4.78, 5) is 19.0. The third-order valence-corrected chi connectivity index (χ3v) is 2.94. The zero-order chi connectivity index (χ0) is 12.8. The SMILES string of the molecule is O=c1[nH]c2[nH]ncc2c2nc(-c3ccccc3)nn12. The molecule has 0 amide bonds. The van der Waals surface area contributed by atoms with Gasteiger partial charge in [-0.1, -0.05) is 30.3 Å². The van der Waals surface area contributed by atoms with E-state index in [2.05, 4.69) is 25.3 Å². The molecule has 3 aromatic heterocycles. The van der Waals surface area contributed by atoms with Crippen molar-refractivity contribution in [1.29, 1.82) is 0 Å². The van der Waals surface area contributed by atoms with Crippen molar-refractivity contribution in [2.24, 2.45) is 0 Å². The van der Waals surface area contributed by atoms with E-state index in [0.29, 0.717) is 17.1 Å². The molecule has 3 heterocycles. The van der Waals surface area contributed by atoms with Gasteiger partial charge >= 0.3 is 5.69 Å². The first-order chi connectivity index (χ1) is 9.33. The van der Waals surface area contributed by atoms with Gasteiger partial charge in [0.15, 0.2) is 11.5 Å². The summed E-state index contributed by atoms with van der Waals surface area (Å²) < 4.78 is 1.25. The van der Waals surface area contributed by atoms with E-state index in [1.807, 2.05) is 30.3 Å². The molecule has 0 bridgehead atoms. The number of benzene rings is 1. The van der Waals surface area contributed by atoms with Crippen LogP contribution in [0.5, 0.6) is 0 Å². The number of rotatable bonds is 1. The standard InChI is InChI=1S/C12H8N6O/c19-12-15-10-8(6-13-16-10)11-14-9(17-18(11)12)7-4-2-1-3-5-7/h1-6H,(H2,13,15,16,19). The molecule has 0 saturated heterocycles. The predicted octanol–water partition coefficient (Wildman–Crippen LogP) is 0.961. The van der Waals surface area contributed by atoms with E-state index < -0.39 is 0 Å². The third kappa shape index (κ3) is 1.38. The van der Waals surface area contributed by atoms with Crippen molar-refractivity contribution in [1.82, 2.24) is 29.8 Å². The smallest absolute Gasteiger partial charge is 0.290 e. The predicted molar refractivity (Wildman–Crippen MR) is 68.7 cm³/mol. The number of hydrogen-bond donors (Lipinski definition) is 2. The van der Waals surface area contributed by atoms with Crippen LogP contribution in [0.3, 0.4) is 0 Å². The normalized spacial score (nSPS) is 11.4. The van der Waals surface area contributed by atoms with Crippen LogP contribution in [0, 0.1) is 0 Å². The third-order valence-electron chi connectivity index (χ3n) is 2.94. The Kier molecular flexibility index (Phi) is 1.85. The fourth-order valence-electron chi connectivity index (χ4n) is 2.05. The van der Waals surface area contributed by atoms with Crippen molar-refractivity contribution in [2.45, 2.75) is 0 Å². The fraction of sp³-hybridized carbons (Fsp3) is 0. The maximum Gasteiger partial charge on any atom is 0.349 e. The minimum Gasteiger partial charge on any atom is -0.290 e. The zero-order valence-corrected chi connectivity index (χ0v) is 9.66. The first-order valence-corrected chi connectivity index (χ1v) is 5.70. The second-order valence-electron chi connectivity index (χ2n) is 4.13. The lowest BCUT2D eigenvalue weighted by atomic mass is 10.2. The molecule has 1 aromatic carbocycles. The van der Waals surface area contributed by atoms with Gasteiger partial charge in [0.05, 0.1) is 11.6 Å². The molecule has 19 heavy (non-hydrogen) atoms. The second kappa shape index (κ2) is 3.52. The maximum absolute atomic E-state index is 11.9. The quantitative estimate of drug-likeness (QED) is 0.527. The summed E-state index contributed by atoms with van der Waals surface area (Å²) in [5, 5.41) is 11.6. The Balaban J connectivity index is 2.11. The second-order valence-corrected chi connectivity index (χ2v) is 4.13. The van der Waals surface area contributed by atoms with Crippen LogP contribution in [-0.2, 0) is 0 Å². The molecule has 7 nitrogen and oxygen atoms in total. The van der Waals surface area contributed by atoms with Crippen LogP contribution in [-0.4, -0.2) is 29.8 Å². The Morgan fingerprint density at radius 2 is 2.00 bits per heavy atom. The summed E-state index contributed by atoms with van der Waals surface area (Å²) in [7, 11) is 0. The number of aromatic nitrogens is 6. The molecular formula is C12H8N6O. The molecule has 7 heteroatoms. The number of hydrogen-bond acceptors (Lipinski definition) is 4. The first kappa shape index (κ1) is 10.0. The molecule has 0 spiro atoms. The summed E-state index contributed by atoms with van der Waals surface area (Å²) in [6, 6.07) is 9.52. The highest BCUT2D eigenvalue weighted by Gasteiger charge is 2.12. The molecule has 0 unspecified atom stereocenters. The van der Waals surface area contributed by atoms with Crippen molar-refractivity contribution >= 4 is 16.7 Å². The van der Waals surface area contributed by atoms with Gasteiger partial charge in [-0.2, -0.15) is 9.61 Å². The van der Waals surface area contributed by atoms with E-state index in [9.17, 15) is 4.79 Å². The molecule has 0 fully saturated rings. The van der Waals surface area contributed by atoms with E-state index in [1.54, 1.807) is 6.20 Å². The van der Waals surface area contributed by atoms with Gasteiger partial charge in [0, 0.05) is 5.56 Å². The van der Waals surface area contributed by atoms with Gasteiger partial charge in [-0.05, 0) is 0 Å². The van der Waals surface area contributed by atoms with Crippen LogP contribution in [0.25, 0.3) is 28.1 Å². The average molecular weight is 252 g/mol. The molecule has 0 atom stereocenters. The van der Waals surface area contributed by atoms with Crippen LogP contribution < -0.4 is 5.69 Å². The Labute approximate surface area is 105 Å². The van der Waals surface area contributed by atoms with Gasteiger partial charge in [-0.3, -0.25) is 10.1 Å². The van der Waals surface area contributed by atoms with Crippen molar-refractivity contribution in [3.05, 3.63) is 47.0 Å². The van der Waals surface area contributed by atoms with E-state index in [4.69, 9.17) is 0 Å². The summed E-state index contributed by atoms with van der Waals surface area (Å²) >= 11 is 0. The number of nitrogens with one attached hydrogen (secondary N) is 2. The van der Waals surface area contributed by atoms with Gasteiger partial charge in [-0.25, -0.2) is 9.78 Å². The highest BCUT2D eigenvalue weighted by atomic mass is 16.1. The highest BCUT2D eigenvalue weighted by molar-refractivity contribution is 5.88. The highest BCUT2D eigenvalue weighted by Crippen LogP contribution is 2.18. The van der Waals surface area contributed by atoms with Crippen LogP contribution in [0.1, 0.15) is 0 Å². The molecule has 0 saturated carbocycles. The summed E-state index contributed by atoms with van der Waals surface area (Å²) in [6.45, 7) is 0. The van der Waals surface area contributed by atoms with Crippen LogP contribution in [0.15, 0.2) is 41.3 Å². The molecule has 0 aliphatic heterocycles. The monoisotopic (exact) mass is 252 g/mol. The van der Waals surface area contributed by atoms with Crippen LogP contribution in [0.2, 0.25) is 0 Å². The molecular weight excluding hydrogens is 244 g/mol. The molecule has 4 aromatic rings. The summed E-state index contributed by atoms with van der Waals surface area (Å²) in [6.07, 6.45) is 1.62. The number of fused-ring (bicyclic) bond motifs is 3. The molecule has 92 valence electrons. The molecule has 2 N–H and O–H groups in total. The number of H-pyrrole nitrogens is 2. The van der Waals surface area contributed by atoms with Gasteiger partial charge < -0.3 is 0 Å². The van der Waals surface area contributed by atoms with E-state index in [0.717, 1.165) is 10.9 Å². The summed E-state index contributed by atoms with van der Waals surface area (Å²) in [5.74, 6) is 0.514. The largest absolute Gasteiger partial charge is 0.349 e. The molecule has 4 rings (SSSR count). The van der Waals surface area contributed by atoms with Gasteiger partial charge in [0.1, 0.15) is 5.65 Å². The van der Waals surface area contributed by atoms with Gasteiger partial charge in [-0.15, -0.1) is 5.10 Å². The molecule has 0 radical (unpaired) electrons. The first-order valence-electron chi connectivity index (χ1n) is 5.70. The van der Waals surface area contributed by atoms with Crippen molar-refractivity contribution in [3.63, 3.8) is 0 Å². The minimum atomic E-state index is -0.346. The van der Waals surface area contributed by atoms with Crippen molar-refractivity contribution in [2.75, 3.05) is 0 Å². The van der Waals surface area contributed by atoms with Crippen molar-refractivity contribution < 1.29 is 0 Å². The minimum absolute atomic E-state index is 0.346. The lowest BCUT2D eigenvalue weighted by molar-refractivity contribution is 0.881. The van der Waals surface area contributed by atoms with Crippen LogP contribution >= 0.6 is 0 Å². The summed E-state index contributed by atoms with van der Waals surface area (Å²) in [5.41, 5.74) is 1.56. The zero-order valence-electron chi connectivity index (χ0n) is 9.66. The van der Waals surface area contributed by atoms with E-state index >= 15 is 0 Å². The Morgan fingerprint density at radius 3 is 2.84 bits per heavy atom. The van der Waals surface area contributed by atoms with Crippen LogP contribution in [0.4, 0.5) is 0 Å². The maximum atomic E-state index is 11.9.